The van der Waals surface area contributed by atoms with E-state index in [1.54, 1.807) is 4.90 Å². The number of rotatable bonds is 6. The molecular weight excluding hydrogens is 232 g/mol. The van der Waals surface area contributed by atoms with Crippen LogP contribution in [0.1, 0.15) is 11.1 Å². The Bertz CT molecular complexity index is 423. The number of ether oxygens (including phenoxy) is 1. The molecule has 1 aromatic rings. The van der Waals surface area contributed by atoms with Gasteiger partial charge in [-0.05, 0) is 11.1 Å². The maximum Gasteiger partial charge on any atom is 0.319 e. The summed E-state index contributed by atoms with van der Waals surface area (Å²) in [6.07, 6.45) is 0. The number of aliphatic hydroxyl groups is 1. The molecule has 0 amide bonds. The lowest BCUT2D eigenvalue weighted by molar-refractivity contribution is -0.141. The molecule has 0 spiro atoms. The summed E-state index contributed by atoms with van der Waals surface area (Å²) in [5.41, 5.74) is 1.81. The van der Waals surface area contributed by atoms with Crippen LogP contribution in [0, 0.1) is 11.3 Å². The summed E-state index contributed by atoms with van der Waals surface area (Å²) in [6.45, 7) is 0.751. The summed E-state index contributed by atoms with van der Waals surface area (Å²) >= 11 is 0. The van der Waals surface area contributed by atoms with Gasteiger partial charge in [-0.2, -0.15) is 5.26 Å². The van der Waals surface area contributed by atoms with E-state index in [1.165, 1.54) is 7.11 Å². The van der Waals surface area contributed by atoms with E-state index in [1.807, 2.05) is 30.3 Å². The molecule has 96 valence electrons. The standard InChI is InChI=1S/C13H16N2O3/c1-18-13(17)9-15(7-6-14)8-11-2-4-12(10-16)5-3-11/h2-5,16H,7-10H2,1H3. The van der Waals surface area contributed by atoms with E-state index in [0.29, 0.717) is 6.54 Å². The first-order valence-electron chi connectivity index (χ1n) is 5.54. The van der Waals surface area contributed by atoms with Gasteiger partial charge in [0.15, 0.2) is 0 Å². The van der Waals surface area contributed by atoms with Crippen molar-refractivity contribution in [1.82, 2.24) is 4.90 Å². The zero-order valence-electron chi connectivity index (χ0n) is 10.3. The van der Waals surface area contributed by atoms with Crippen LogP contribution in [0.2, 0.25) is 0 Å². The van der Waals surface area contributed by atoms with Gasteiger partial charge < -0.3 is 9.84 Å². The number of benzene rings is 1. The van der Waals surface area contributed by atoms with Gasteiger partial charge in [-0.15, -0.1) is 0 Å². The fraction of sp³-hybridized carbons (Fsp3) is 0.385. The number of hydrogen-bond donors (Lipinski definition) is 1. The number of aliphatic hydroxyl groups excluding tert-OH is 1. The molecule has 0 fully saturated rings. The van der Waals surface area contributed by atoms with Gasteiger partial charge in [-0.25, -0.2) is 0 Å². The first-order chi connectivity index (χ1) is 8.69. The van der Waals surface area contributed by atoms with Crippen molar-refractivity contribution >= 4 is 5.97 Å². The van der Waals surface area contributed by atoms with Crippen LogP contribution in [0.25, 0.3) is 0 Å². The lowest BCUT2D eigenvalue weighted by atomic mass is 10.1. The number of nitrogens with zero attached hydrogens (tertiary/aromatic N) is 2. The number of methoxy groups -OCH3 is 1. The summed E-state index contributed by atoms with van der Waals surface area (Å²) in [5, 5.41) is 17.6. The summed E-state index contributed by atoms with van der Waals surface area (Å²) in [5.74, 6) is -0.364. The highest BCUT2D eigenvalue weighted by molar-refractivity contribution is 5.71. The quantitative estimate of drug-likeness (QED) is 0.592. The molecule has 1 aromatic carbocycles. The van der Waals surface area contributed by atoms with Crippen LogP contribution in [0.5, 0.6) is 0 Å². The molecule has 5 heteroatoms. The molecule has 0 radical (unpaired) electrons. The SMILES string of the molecule is COC(=O)CN(CC#N)Cc1ccc(CO)cc1. The topological polar surface area (TPSA) is 73.6 Å². The number of hydrogen-bond acceptors (Lipinski definition) is 5. The molecule has 0 unspecified atom stereocenters. The van der Waals surface area contributed by atoms with Crippen molar-refractivity contribution < 1.29 is 14.6 Å². The second-order valence-corrected chi connectivity index (χ2v) is 3.85. The van der Waals surface area contributed by atoms with Crippen LogP contribution in [-0.4, -0.2) is 36.2 Å². The molecule has 18 heavy (non-hydrogen) atoms. The highest BCUT2D eigenvalue weighted by Crippen LogP contribution is 2.07. The first kappa shape index (κ1) is 14.2. The van der Waals surface area contributed by atoms with Crippen molar-refractivity contribution in [3.63, 3.8) is 0 Å². The minimum atomic E-state index is -0.364. The number of carbonyl (C=O) groups is 1. The Morgan fingerprint density at radius 1 is 1.39 bits per heavy atom. The fourth-order valence-corrected chi connectivity index (χ4v) is 1.52. The molecule has 0 aliphatic carbocycles. The van der Waals surface area contributed by atoms with Crippen molar-refractivity contribution in [3.05, 3.63) is 35.4 Å². The molecule has 0 aliphatic heterocycles. The van der Waals surface area contributed by atoms with Crippen LogP contribution in [0.4, 0.5) is 0 Å². The Morgan fingerprint density at radius 3 is 2.50 bits per heavy atom. The fourth-order valence-electron chi connectivity index (χ4n) is 1.52. The van der Waals surface area contributed by atoms with Crippen LogP contribution in [0.3, 0.4) is 0 Å². The largest absolute Gasteiger partial charge is 0.468 e. The molecule has 0 bridgehead atoms. The predicted molar refractivity (Wildman–Crippen MR) is 65.3 cm³/mol. The Labute approximate surface area is 106 Å². The summed E-state index contributed by atoms with van der Waals surface area (Å²) < 4.78 is 4.58. The van der Waals surface area contributed by atoms with Crippen molar-refractivity contribution in [1.29, 1.82) is 5.26 Å². The molecule has 0 aromatic heterocycles. The summed E-state index contributed by atoms with van der Waals surface area (Å²) in [6, 6.07) is 9.39. The van der Waals surface area contributed by atoms with E-state index >= 15 is 0 Å². The Kier molecular flexibility index (Phi) is 5.85. The van der Waals surface area contributed by atoms with Gasteiger partial charge in [0, 0.05) is 6.54 Å². The van der Waals surface area contributed by atoms with Crippen LogP contribution >= 0.6 is 0 Å². The van der Waals surface area contributed by atoms with Crippen LogP contribution < -0.4 is 0 Å². The molecule has 1 N–H and O–H groups in total. The Balaban J connectivity index is 2.64. The average Bonchev–Trinajstić information content (AvgIpc) is 2.39. The van der Waals surface area contributed by atoms with E-state index in [0.717, 1.165) is 11.1 Å². The highest BCUT2D eigenvalue weighted by atomic mass is 16.5. The van der Waals surface area contributed by atoms with E-state index in [4.69, 9.17) is 10.4 Å². The lowest BCUT2D eigenvalue weighted by Crippen LogP contribution is -2.30. The van der Waals surface area contributed by atoms with Gasteiger partial charge in [0.05, 0.1) is 32.9 Å². The minimum absolute atomic E-state index is 0.00432. The maximum absolute atomic E-state index is 11.2. The van der Waals surface area contributed by atoms with Gasteiger partial charge in [0.25, 0.3) is 0 Å². The zero-order chi connectivity index (χ0) is 13.4. The zero-order valence-corrected chi connectivity index (χ0v) is 10.3. The molecule has 0 saturated carbocycles. The van der Waals surface area contributed by atoms with Gasteiger partial charge in [-0.3, -0.25) is 9.69 Å². The van der Waals surface area contributed by atoms with E-state index in [9.17, 15) is 4.79 Å². The highest BCUT2D eigenvalue weighted by Gasteiger charge is 2.11. The molecule has 0 saturated heterocycles. The van der Waals surface area contributed by atoms with Crippen molar-refractivity contribution in [2.45, 2.75) is 13.2 Å². The van der Waals surface area contributed by atoms with Crippen LogP contribution in [-0.2, 0) is 22.7 Å². The second kappa shape index (κ2) is 7.43. The summed E-state index contributed by atoms with van der Waals surface area (Å²) in [7, 11) is 1.32. The van der Waals surface area contributed by atoms with Crippen LogP contribution in [0.15, 0.2) is 24.3 Å². The molecular formula is C13H16N2O3. The number of carbonyl (C=O) groups excluding carboxylic acids is 1. The third-order valence-electron chi connectivity index (χ3n) is 2.49. The average molecular weight is 248 g/mol. The third kappa shape index (κ3) is 4.53. The monoisotopic (exact) mass is 248 g/mol. The minimum Gasteiger partial charge on any atom is -0.468 e. The predicted octanol–water partition coefficient (Wildman–Crippen LogP) is 0.677. The van der Waals surface area contributed by atoms with Crippen molar-refractivity contribution in [3.8, 4) is 6.07 Å². The molecule has 5 nitrogen and oxygen atoms in total. The number of esters is 1. The third-order valence-corrected chi connectivity index (χ3v) is 2.49. The first-order valence-corrected chi connectivity index (χ1v) is 5.54. The Hall–Kier alpha value is -1.90. The molecule has 0 heterocycles. The van der Waals surface area contributed by atoms with E-state index < -0.39 is 0 Å². The van der Waals surface area contributed by atoms with Gasteiger partial charge >= 0.3 is 5.97 Å². The van der Waals surface area contributed by atoms with Crippen molar-refractivity contribution in [2.75, 3.05) is 20.2 Å². The molecule has 1 rings (SSSR count). The maximum atomic E-state index is 11.2. The number of nitriles is 1. The smallest absolute Gasteiger partial charge is 0.319 e. The molecule has 0 atom stereocenters. The van der Waals surface area contributed by atoms with Gasteiger partial charge in [-0.1, -0.05) is 24.3 Å². The normalized spacial score (nSPS) is 10.1. The molecule has 0 aliphatic rings. The van der Waals surface area contributed by atoms with E-state index in [-0.39, 0.29) is 25.7 Å². The van der Waals surface area contributed by atoms with Gasteiger partial charge in [0.2, 0.25) is 0 Å². The summed E-state index contributed by atoms with van der Waals surface area (Å²) in [4.78, 5) is 12.9. The Morgan fingerprint density at radius 2 is 2.00 bits per heavy atom. The van der Waals surface area contributed by atoms with E-state index in [2.05, 4.69) is 4.74 Å². The lowest BCUT2D eigenvalue weighted by Gasteiger charge is -2.17. The van der Waals surface area contributed by atoms with Crippen molar-refractivity contribution in [2.24, 2.45) is 0 Å². The second-order valence-electron chi connectivity index (χ2n) is 3.85. The van der Waals surface area contributed by atoms with Gasteiger partial charge in [0.1, 0.15) is 0 Å².